The molecule has 1 aromatic rings. The van der Waals surface area contributed by atoms with Gasteiger partial charge in [0.15, 0.2) is 0 Å². The standard InChI is InChI=1S/C11H13NO/c1-9-5-6-10(4-3-7-13)11(8-9)12-2/h3-8,12H,1-2H3/b4-3+. The molecule has 0 amide bonds. The van der Waals surface area contributed by atoms with Crippen LogP contribution in [0.15, 0.2) is 24.3 Å². The normalized spacial score (nSPS) is 10.3. The molecule has 0 heterocycles. The summed E-state index contributed by atoms with van der Waals surface area (Å²) in [5, 5.41) is 3.08. The highest BCUT2D eigenvalue weighted by Crippen LogP contribution is 2.17. The van der Waals surface area contributed by atoms with Crippen molar-refractivity contribution < 1.29 is 4.79 Å². The van der Waals surface area contributed by atoms with Gasteiger partial charge in [-0.3, -0.25) is 4.79 Å². The minimum Gasteiger partial charge on any atom is -0.388 e. The van der Waals surface area contributed by atoms with Gasteiger partial charge < -0.3 is 5.32 Å². The van der Waals surface area contributed by atoms with Crippen LogP contribution in [-0.2, 0) is 4.79 Å². The van der Waals surface area contributed by atoms with Crippen molar-refractivity contribution >= 4 is 18.0 Å². The number of aldehydes is 1. The van der Waals surface area contributed by atoms with Crippen molar-refractivity contribution in [3.8, 4) is 0 Å². The molecule has 1 aromatic carbocycles. The van der Waals surface area contributed by atoms with Crippen LogP contribution in [0.1, 0.15) is 11.1 Å². The molecular formula is C11H13NO. The summed E-state index contributed by atoms with van der Waals surface area (Å²) in [5.41, 5.74) is 3.27. The van der Waals surface area contributed by atoms with Gasteiger partial charge in [-0.2, -0.15) is 0 Å². The van der Waals surface area contributed by atoms with Gasteiger partial charge in [0.05, 0.1) is 0 Å². The number of rotatable bonds is 3. The Labute approximate surface area is 78.3 Å². The first-order valence-electron chi connectivity index (χ1n) is 4.18. The van der Waals surface area contributed by atoms with Crippen molar-refractivity contribution in [3.05, 3.63) is 35.4 Å². The molecule has 1 rings (SSSR count). The van der Waals surface area contributed by atoms with E-state index < -0.39 is 0 Å². The predicted molar refractivity (Wildman–Crippen MR) is 55.8 cm³/mol. The van der Waals surface area contributed by atoms with E-state index in [0.717, 1.165) is 17.5 Å². The molecule has 2 nitrogen and oxygen atoms in total. The molecule has 0 bridgehead atoms. The van der Waals surface area contributed by atoms with E-state index in [1.165, 1.54) is 11.6 Å². The lowest BCUT2D eigenvalue weighted by Gasteiger charge is -2.05. The van der Waals surface area contributed by atoms with Crippen molar-refractivity contribution in [2.24, 2.45) is 0 Å². The zero-order valence-corrected chi connectivity index (χ0v) is 7.87. The van der Waals surface area contributed by atoms with E-state index in [4.69, 9.17) is 0 Å². The molecule has 0 fully saturated rings. The molecule has 0 saturated carbocycles. The Morgan fingerprint density at radius 3 is 2.77 bits per heavy atom. The highest BCUT2D eigenvalue weighted by Gasteiger charge is 1.96. The fourth-order valence-electron chi connectivity index (χ4n) is 1.17. The molecular weight excluding hydrogens is 162 g/mol. The zero-order chi connectivity index (χ0) is 9.68. The summed E-state index contributed by atoms with van der Waals surface area (Å²) >= 11 is 0. The Kier molecular flexibility index (Phi) is 3.26. The van der Waals surface area contributed by atoms with Gasteiger partial charge in [0, 0.05) is 12.7 Å². The van der Waals surface area contributed by atoms with E-state index in [0.29, 0.717) is 0 Å². The highest BCUT2D eigenvalue weighted by molar-refractivity contribution is 5.78. The molecule has 0 spiro atoms. The van der Waals surface area contributed by atoms with Crippen LogP contribution in [0.3, 0.4) is 0 Å². The van der Waals surface area contributed by atoms with Crippen molar-refractivity contribution in [2.45, 2.75) is 6.92 Å². The van der Waals surface area contributed by atoms with Crippen molar-refractivity contribution in [1.29, 1.82) is 0 Å². The number of hydrogen-bond donors (Lipinski definition) is 1. The smallest absolute Gasteiger partial charge is 0.142 e. The number of nitrogens with one attached hydrogen (secondary N) is 1. The quantitative estimate of drug-likeness (QED) is 0.564. The zero-order valence-electron chi connectivity index (χ0n) is 7.87. The largest absolute Gasteiger partial charge is 0.388 e. The van der Waals surface area contributed by atoms with Gasteiger partial charge in [0.1, 0.15) is 6.29 Å². The minimum atomic E-state index is 0.777. The van der Waals surface area contributed by atoms with E-state index in [1.807, 2.05) is 32.2 Å². The third kappa shape index (κ3) is 2.44. The molecule has 2 heteroatoms. The summed E-state index contributed by atoms with van der Waals surface area (Å²) in [6, 6.07) is 6.05. The second-order valence-corrected chi connectivity index (χ2v) is 2.84. The summed E-state index contributed by atoms with van der Waals surface area (Å²) in [5.74, 6) is 0. The lowest BCUT2D eigenvalue weighted by atomic mass is 10.1. The van der Waals surface area contributed by atoms with Gasteiger partial charge >= 0.3 is 0 Å². The molecule has 0 aromatic heterocycles. The molecule has 13 heavy (non-hydrogen) atoms. The SMILES string of the molecule is CNc1cc(C)ccc1/C=C/C=O. The second-order valence-electron chi connectivity index (χ2n) is 2.84. The molecule has 0 atom stereocenters. The van der Waals surface area contributed by atoms with E-state index in [9.17, 15) is 4.79 Å². The second kappa shape index (κ2) is 4.45. The Morgan fingerprint density at radius 2 is 2.15 bits per heavy atom. The molecule has 0 aliphatic carbocycles. The number of aryl methyl sites for hydroxylation is 1. The van der Waals surface area contributed by atoms with Gasteiger partial charge in [0.25, 0.3) is 0 Å². The van der Waals surface area contributed by atoms with Crippen molar-refractivity contribution in [3.63, 3.8) is 0 Å². The monoisotopic (exact) mass is 175 g/mol. The summed E-state index contributed by atoms with van der Waals surface area (Å²) in [6.45, 7) is 2.04. The number of allylic oxidation sites excluding steroid dienone is 1. The Bertz CT molecular complexity index is 329. The van der Waals surface area contributed by atoms with Crippen LogP contribution in [0, 0.1) is 6.92 Å². The maximum atomic E-state index is 10.1. The predicted octanol–water partition coefficient (Wildman–Crippen LogP) is 2.25. The Hall–Kier alpha value is -1.57. The summed E-state index contributed by atoms with van der Waals surface area (Å²) in [6.07, 6.45) is 4.06. The molecule has 68 valence electrons. The lowest BCUT2D eigenvalue weighted by Crippen LogP contribution is -1.91. The molecule has 0 aliphatic rings. The summed E-state index contributed by atoms with van der Waals surface area (Å²) in [4.78, 5) is 10.1. The Morgan fingerprint density at radius 1 is 1.38 bits per heavy atom. The van der Waals surface area contributed by atoms with Gasteiger partial charge in [-0.25, -0.2) is 0 Å². The first kappa shape index (κ1) is 9.52. The third-order valence-electron chi connectivity index (χ3n) is 1.83. The maximum Gasteiger partial charge on any atom is 0.142 e. The lowest BCUT2D eigenvalue weighted by molar-refractivity contribution is -0.104. The third-order valence-corrected chi connectivity index (χ3v) is 1.83. The topological polar surface area (TPSA) is 29.1 Å². The average molecular weight is 175 g/mol. The number of anilines is 1. The van der Waals surface area contributed by atoms with Crippen molar-refractivity contribution in [2.75, 3.05) is 12.4 Å². The molecule has 1 N–H and O–H groups in total. The number of carbonyl (C=O) groups is 1. The van der Waals surface area contributed by atoms with E-state index >= 15 is 0 Å². The number of benzene rings is 1. The maximum absolute atomic E-state index is 10.1. The van der Waals surface area contributed by atoms with Gasteiger partial charge in [-0.1, -0.05) is 12.1 Å². The van der Waals surface area contributed by atoms with Crippen LogP contribution in [0.4, 0.5) is 5.69 Å². The fourth-order valence-corrected chi connectivity index (χ4v) is 1.17. The summed E-state index contributed by atoms with van der Waals surface area (Å²) in [7, 11) is 1.87. The van der Waals surface area contributed by atoms with Gasteiger partial charge in [-0.15, -0.1) is 0 Å². The molecule has 0 radical (unpaired) electrons. The molecule has 0 unspecified atom stereocenters. The van der Waals surface area contributed by atoms with E-state index in [2.05, 4.69) is 5.32 Å². The first-order chi connectivity index (χ1) is 6.27. The van der Waals surface area contributed by atoms with Gasteiger partial charge in [-0.05, 0) is 36.3 Å². The average Bonchev–Trinajstić information content (AvgIpc) is 2.16. The molecule has 0 saturated heterocycles. The van der Waals surface area contributed by atoms with Crippen LogP contribution in [0.2, 0.25) is 0 Å². The van der Waals surface area contributed by atoms with Gasteiger partial charge in [0.2, 0.25) is 0 Å². The van der Waals surface area contributed by atoms with Crippen LogP contribution < -0.4 is 5.32 Å². The van der Waals surface area contributed by atoms with Crippen LogP contribution in [-0.4, -0.2) is 13.3 Å². The number of hydrogen-bond acceptors (Lipinski definition) is 2. The Balaban J connectivity index is 3.05. The summed E-state index contributed by atoms with van der Waals surface area (Å²) < 4.78 is 0. The minimum absolute atomic E-state index is 0.777. The van der Waals surface area contributed by atoms with Crippen LogP contribution >= 0.6 is 0 Å². The van der Waals surface area contributed by atoms with Crippen LogP contribution in [0.25, 0.3) is 6.08 Å². The van der Waals surface area contributed by atoms with Crippen molar-refractivity contribution in [1.82, 2.24) is 0 Å². The van der Waals surface area contributed by atoms with E-state index in [-0.39, 0.29) is 0 Å². The van der Waals surface area contributed by atoms with E-state index in [1.54, 1.807) is 6.08 Å². The first-order valence-corrected chi connectivity index (χ1v) is 4.18. The van der Waals surface area contributed by atoms with Crippen LogP contribution in [0.5, 0.6) is 0 Å². The fraction of sp³-hybridized carbons (Fsp3) is 0.182. The highest BCUT2D eigenvalue weighted by atomic mass is 16.1. The molecule has 0 aliphatic heterocycles. The number of carbonyl (C=O) groups excluding carboxylic acids is 1.